The molecule has 3 aromatic heterocycles. The first-order valence-electron chi connectivity index (χ1n) is 8.98. The average molecular weight is 353 g/mol. The first kappa shape index (κ1) is 16.7. The van der Waals surface area contributed by atoms with Crippen molar-refractivity contribution >= 4 is 11.6 Å². The normalized spacial score (nSPS) is 15.5. The van der Waals surface area contributed by atoms with Crippen LogP contribution in [-0.2, 0) is 6.54 Å². The van der Waals surface area contributed by atoms with Crippen molar-refractivity contribution in [2.24, 2.45) is 0 Å². The van der Waals surface area contributed by atoms with Gasteiger partial charge in [0.1, 0.15) is 5.65 Å². The molecule has 3 aromatic rings. The molecule has 1 fully saturated rings. The molecule has 0 atom stereocenters. The molecule has 0 radical (unpaired) electrons. The van der Waals surface area contributed by atoms with E-state index in [-0.39, 0.29) is 5.91 Å². The fourth-order valence-electron chi connectivity index (χ4n) is 3.49. The Morgan fingerprint density at radius 3 is 2.88 bits per heavy atom. The van der Waals surface area contributed by atoms with Crippen molar-refractivity contribution in [3.8, 4) is 0 Å². The number of piperidine rings is 1. The summed E-state index contributed by atoms with van der Waals surface area (Å²) in [6.45, 7) is 6.24. The molecule has 8 nitrogen and oxygen atoms in total. The predicted molar refractivity (Wildman–Crippen MR) is 97.0 cm³/mol. The van der Waals surface area contributed by atoms with Crippen LogP contribution in [0.2, 0.25) is 0 Å². The number of rotatable bonds is 4. The summed E-state index contributed by atoms with van der Waals surface area (Å²) in [5.74, 6) is -0.212. The lowest BCUT2D eigenvalue weighted by Crippen LogP contribution is -2.30. The largest absolute Gasteiger partial charge is 0.345 e. The SMILES string of the molecule is Cc1c(C(=O)NCc2cn3c(C)cccc3n2)nnn1C1CCNCC1. The second kappa shape index (κ2) is 6.87. The topological polar surface area (TPSA) is 89.1 Å². The smallest absolute Gasteiger partial charge is 0.274 e. The molecule has 4 rings (SSSR count). The third-order valence-electron chi connectivity index (χ3n) is 4.97. The standard InChI is InChI=1S/C18H23N7O/c1-12-4-3-5-16-21-14(11-24(12)16)10-20-18(26)17-13(2)25(23-22-17)15-6-8-19-9-7-15/h3-5,11,15,19H,6-10H2,1-2H3,(H,20,26). The number of pyridine rings is 1. The third-order valence-corrected chi connectivity index (χ3v) is 4.97. The summed E-state index contributed by atoms with van der Waals surface area (Å²) in [7, 11) is 0. The Balaban J connectivity index is 1.46. The molecule has 1 aliphatic rings. The molecule has 0 aliphatic carbocycles. The summed E-state index contributed by atoms with van der Waals surface area (Å²) in [5, 5.41) is 14.6. The Kier molecular flexibility index (Phi) is 4.42. The summed E-state index contributed by atoms with van der Waals surface area (Å²) in [6, 6.07) is 6.27. The van der Waals surface area contributed by atoms with Gasteiger partial charge in [-0.05, 0) is 51.9 Å². The Labute approximate surface area is 151 Å². The number of carbonyl (C=O) groups is 1. The highest BCUT2D eigenvalue weighted by molar-refractivity contribution is 5.93. The first-order chi connectivity index (χ1) is 12.6. The van der Waals surface area contributed by atoms with Crippen molar-refractivity contribution in [2.45, 2.75) is 39.3 Å². The number of hydrogen-bond acceptors (Lipinski definition) is 5. The van der Waals surface area contributed by atoms with Gasteiger partial charge in [0.25, 0.3) is 5.91 Å². The van der Waals surface area contributed by atoms with E-state index in [1.807, 2.05) is 47.3 Å². The molecular formula is C18H23N7O. The highest BCUT2D eigenvalue weighted by atomic mass is 16.2. The number of amides is 1. The van der Waals surface area contributed by atoms with Crippen molar-refractivity contribution < 1.29 is 4.79 Å². The number of nitrogens with zero attached hydrogens (tertiary/aromatic N) is 5. The molecule has 0 bridgehead atoms. The van der Waals surface area contributed by atoms with Crippen LogP contribution < -0.4 is 10.6 Å². The number of aryl methyl sites for hydroxylation is 1. The van der Waals surface area contributed by atoms with E-state index < -0.39 is 0 Å². The van der Waals surface area contributed by atoms with Crippen LogP contribution in [0.3, 0.4) is 0 Å². The minimum absolute atomic E-state index is 0.212. The lowest BCUT2D eigenvalue weighted by atomic mass is 10.1. The van der Waals surface area contributed by atoms with Crippen LogP contribution in [0.15, 0.2) is 24.4 Å². The minimum Gasteiger partial charge on any atom is -0.345 e. The van der Waals surface area contributed by atoms with Gasteiger partial charge in [-0.25, -0.2) is 9.67 Å². The van der Waals surface area contributed by atoms with Gasteiger partial charge in [0.05, 0.1) is 24.0 Å². The Morgan fingerprint density at radius 1 is 1.31 bits per heavy atom. The van der Waals surface area contributed by atoms with Crippen molar-refractivity contribution in [3.63, 3.8) is 0 Å². The van der Waals surface area contributed by atoms with Gasteiger partial charge in [-0.3, -0.25) is 4.79 Å². The zero-order valence-corrected chi connectivity index (χ0v) is 15.1. The van der Waals surface area contributed by atoms with Crippen LogP contribution >= 0.6 is 0 Å². The molecule has 4 heterocycles. The molecule has 2 N–H and O–H groups in total. The van der Waals surface area contributed by atoms with E-state index in [1.165, 1.54) is 0 Å². The van der Waals surface area contributed by atoms with Crippen molar-refractivity contribution in [3.05, 3.63) is 47.2 Å². The highest BCUT2D eigenvalue weighted by Gasteiger charge is 2.22. The van der Waals surface area contributed by atoms with Crippen LogP contribution in [0.5, 0.6) is 0 Å². The monoisotopic (exact) mass is 353 g/mol. The van der Waals surface area contributed by atoms with Gasteiger partial charge in [0, 0.05) is 11.9 Å². The molecule has 1 aliphatic heterocycles. The molecule has 136 valence electrons. The van der Waals surface area contributed by atoms with Crippen molar-refractivity contribution in [1.82, 2.24) is 35.0 Å². The van der Waals surface area contributed by atoms with Gasteiger partial charge >= 0.3 is 0 Å². The molecule has 8 heteroatoms. The Morgan fingerprint density at radius 2 is 2.12 bits per heavy atom. The van der Waals surface area contributed by atoms with E-state index in [1.54, 1.807) is 0 Å². The number of fused-ring (bicyclic) bond motifs is 1. The average Bonchev–Trinajstić information content (AvgIpc) is 3.25. The van der Waals surface area contributed by atoms with E-state index in [0.717, 1.165) is 48.7 Å². The van der Waals surface area contributed by atoms with Crippen LogP contribution in [0.4, 0.5) is 0 Å². The van der Waals surface area contributed by atoms with Crippen molar-refractivity contribution in [2.75, 3.05) is 13.1 Å². The van der Waals surface area contributed by atoms with Crippen molar-refractivity contribution in [1.29, 1.82) is 0 Å². The van der Waals surface area contributed by atoms with E-state index >= 15 is 0 Å². The van der Waals surface area contributed by atoms with Crippen LogP contribution in [0.25, 0.3) is 5.65 Å². The molecule has 0 unspecified atom stereocenters. The van der Waals surface area contributed by atoms with Gasteiger partial charge in [0.2, 0.25) is 0 Å². The predicted octanol–water partition coefficient (Wildman–Crippen LogP) is 1.40. The van der Waals surface area contributed by atoms with Gasteiger partial charge in [-0.1, -0.05) is 11.3 Å². The van der Waals surface area contributed by atoms with Gasteiger partial charge in [-0.2, -0.15) is 0 Å². The van der Waals surface area contributed by atoms with Gasteiger partial charge < -0.3 is 15.0 Å². The Bertz CT molecular complexity index is 936. The molecule has 0 aromatic carbocycles. The van der Waals surface area contributed by atoms with E-state index in [4.69, 9.17) is 0 Å². The summed E-state index contributed by atoms with van der Waals surface area (Å²) in [5.41, 5.74) is 4.01. The van der Waals surface area contributed by atoms with E-state index in [2.05, 4.69) is 25.9 Å². The maximum atomic E-state index is 12.5. The number of imidazole rings is 1. The zero-order chi connectivity index (χ0) is 18.1. The number of nitrogens with one attached hydrogen (secondary N) is 2. The second-order valence-electron chi connectivity index (χ2n) is 6.76. The first-order valence-corrected chi connectivity index (χ1v) is 8.98. The fourth-order valence-corrected chi connectivity index (χ4v) is 3.49. The fraction of sp³-hybridized carbons (Fsp3) is 0.444. The maximum absolute atomic E-state index is 12.5. The molecule has 1 amide bonds. The van der Waals surface area contributed by atoms with Gasteiger partial charge in [0.15, 0.2) is 5.69 Å². The zero-order valence-electron chi connectivity index (χ0n) is 15.1. The number of aromatic nitrogens is 5. The molecule has 1 saturated heterocycles. The second-order valence-corrected chi connectivity index (χ2v) is 6.76. The third kappa shape index (κ3) is 3.08. The van der Waals surface area contributed by atoms with E-state index in [0.29, 0.717) is 18.3 Å². The summed E-state index contributed by atoms with van der Waals surface area (Å²) in [6.07, 6.45) is 3.96. The highest BCUT2D eigenvalue weighted by Crippen LogP contribution is 2.20. The lowest BCUT2D eigenvalue weighted by Gasteiger charge is -2.23. The number of carbonyl (C=O) groups excluding carboxylic acids is 1. The minimum atomic E-state index is -0.212. The van der Waals surface area contributed by atoms with Crippen LogP contribution in [0.1, 0.15) is 46.5 Å². The lowest BCUT2D eigenvalue weighted by molar-refractivity contribution is 0.0944. The molecule has 26 heavy (non-hydrogen) atoms. The maximum Gasteiger partial charge on any atom is 0.274 e. The Hall–Kier alpha value is -2.74. The summed E-state index contributed by atoms with van der Waals surface area (Å²) in [4.78, 5) is 17.1. The van der Waals surface area contributed by atoms with E-state index in [9.17, 15) is 4.79 Å². The molecule has 0 spiro atoms. The quantitative estimate of drug-likeness (QED) is 0.740. The van der Waals surface area contributed by atoms with Crippen LogP contribution in [0, 0.1) is 13.8 Å². The molecule has 0 saturated carbocycles. The molecular weight excluding hydrogens is 330 g/mol. The van der Waals surface area contributed by atoms with Gasteiger partial charge in [-0.15, -0.1) is 5.10 Å². The summed E-state index contributed by atoms with van der Waals surface area (Å²) < 4.78 is 3.91. The summed E-state index contributed by atoms with van der Waals surface area (Å²) >= 11 is 0. The van der Waals surface area contributed by atoms with Crippen LogP contribution in [-0.4, -0.2) is 43.4 Å². The number of hydrogen-bond donors (Lipinski definition) is 2.